The lowest BCUT2D eigenvalue weighted by Gasteiger charge is -1.99. The molecule has 0 atom stereocenters. The summed E-state index contributed by atoms with van der Waals surface area (Å²) in [6.07, 6.45) is 3.66. The van der Waals surface area contributed by atoms with Crippen LogP contribution in [0, 0.1) is 0 Å². The van der Waals surface area contributed by atoms with Gasteiger partial charge in [0.05, 0.1) is 14.9 Å². The van der Waals surface area contributed by atoms with Crippen LogP contribution in [-0.2, 0) is 6.42 Å². The SMILES string of the molecule is CCCCc1ccc2[nH]c(-c3ccc(Cl)s3)cc2c1. The summed E-state index contributed by atoms with van der Waals surface area (Å²) in [6, 6.07) is 12.9. The molecule has 0 radical (unpaired) electrons. The maximum atomic E-state index is 6.00. The van der Waals surface area contributed by atoms with Crippen molar-refractivity contribution in [1.82, 2.24) is 4.98 Å². The van der Waals surface area contributed by atoms with Crippen molar-refractivity contribution < 1.29 is 0 Å². The van der Waals surface area contributed by atoms with E-state index in [2.05, 4.69) is 42.2 Å². The van der Waals surface area contributed by atoms with Crippen LogP contribution in [0.25, 0.3) is 21.5 Å². The maximum Gasteiger partial charge on any atom is 0.0935 e. The zero-order valence-corrected chi connectivity index (χ0v) is 12.4. The van der Waals surface area contributed by atoms with E-state index in [-0.39, 0.29) is 0 Å². The first-order chi connectivity index (χ1) is 9.26. The number of aromatic nitrogens is 1. The molecule has 0 aliphatic heterocycles. The largest absolute Gasteiger partial charge is 0.354 e. The van der Waals surface area contributed by atoms with E-state index in [9.17, 15) is 0 Å². The molecule has 3 heteroatoms. The van der Waals surface area contributed by atoms with Gasteiger partial charge in [-0.3, -0.25) is 0 Å². The number of benzene rings is 1. The summed E-state index contributed by atoms with van der Waals surface area (Å²) < 4.78 is 0.831. The second kappa shape index (κ2) is 5.40. The fourth-order valence-electron chi connectivity index (χ4n) is 2.31. The summed E-state index contributed by atoms with van der Waals surface area (Å²) in [4.78, 5) is 4.65. The molecule has 0 aliphatic carbocycles. The van der Waals surface area contributed by atoms with Gasteiger partial charge in [0, 0.05) is 10.9 Å². The van der Waals surface area contributed by atoms with E-state index in [0.717, 1.165) is 16.5 Å². The topological polar surface area (TPSA) is 15.8 Å². The molecule has 3 rings (SSSR count). The Balaban J connectivity index is 1.96. The van der Waals surface area contributed by atoms with Crippen molar-refractivity contribution in [1.29, 1.82) is 0 Å². The normalized spacial score (nSPS) is 11.3. The molecular formula is C16H16ClNS. The molecule has 2 aromatic heterocycles. The molecule has 1 nitrogen and oxygen atoms in total. The summed E-state index contributed by atoms with van der Waals surface area (Å²) >= 11 is 7.60. The van der Waals surface area contributed by atoms with Crippen molar-refractivity contribution in [3.8, 4) is 10.6 Å². The number of aryl methyl sites for hydroxylation is 1. The van der Waals surface area contributed by atoms with Crippen molar-refractivity contribution in [3.05, 3.63) is 46.3 Å². The van der Waals surface area contributed by atoms with E-state index in [0.29, 0.717) is 0 Å². The fraction of sp³-hybridized carbons (Fsp3) is 0.250. The molecule has 0 fully saturated rings. The van der Waals surface area contributed by atoms with Crippen molar-refractivity contribution in [2.45, 2.75) is 26.2 Å². The van der Waals surface area contributed by atoms with Crippen molar-refractivity contribution >= 4 is 33.8 Å². The van der Waals surface area contributed by atoms with Gasteiger partial charge in [0.2, 0.25) is 0 Å². The number of thiophene rings is 1. The lowest BCUT2D eigenvalue weighted by atomic mass is 10.1. The summed E-state index contributed by atoms with van der Waals surface area (Å²) in [5, 5.41) is 1.29. The molecular weight excluding hydrogens is 274 g/mol. The molecule has 1 aromatic carbocycles. The first kappa shape index (κ1) is 12.8. The van der Waals surface area contributed by atoms with Crippen molar-refractivity contribution in [3.63, 3.8) is 0 Å². The molecule has 0 spiro atoms. The van der Waals surface area contributed by atoms with Crippen molar-refractivity contribution in [2.24, 2.45) is 0 Å². The molecule has 1 N–H and O–H groups in total. The average Bonchev–Trinajstić information content (AvgIpc) is 3.01. The van der Waals surface area contributed by atoms with Gasteiger partial charge in [0.1, 0.15) is 0 Å². The van der Waals surface area contributed by atoms with E-state index >= 15 is 0 Å². The Kier molecular flexibility index (Phi) is 3.63. The summed E-state index contributed by atoms with van der Waals surface area (Å²) in [6.45, 7) is 2.23. The smallest absolute Gasteiger partial charge is 0.0935 e. The summed E-state index contributed by atoms with van der Waals surface area (Å²) in [5.41, 5.74) is 3.77. The van der Waals surface area contributed by atoms with Crippen LogP contribution in [0.5, 0.6) is 0 Å². The van der Waals surface area contributed by atoms with Crippen LogP contribution < -0.4 is 0 Å². The van der Waals surface area contributed by atoms with Gasteiger partial charge in [0.25, 0.3) is 0 Å². The van der Waals surface area contributed by atoms with Crippen LogP contribution in [0.4, 0.5) is 0 Å². The third kappa shape index (κ3) is 2.70. The fourth-order valence-corrected chi connectivity index (χ4v) is 3.32. The van der Waals surface area contributed by atoms with Gasteiger partial charge in [-0.25, -0.2) is 0 Å². The molecule has 0 aliphatic rings. The zero-order valence-electron chi connectivity index (χ0n) is 10.9. The van der Waals surface area contributed by atoms with Crippen LogP contribution in [0.15, 0.2) is 36.4 Å². The standard InChI is InChI=1S/C16H16ClNS/c1-2-3-4-11-5-6-13-12(9-11)10-14(18-13)15-7-8-16(17)19-15/h5-10,18H,2-4H2,1H3. The third-order valence-corrected chi connectivity index (χ3v) is 4.61. The summed E-state index contributed by atoms with van der Waals surface area (Å²) in [7, 11) is 0. The van der Waals surface area contributed by atoms with Gasteiger partial charge >= 0.3 is 0 Å². The van der Waals surface area contributed by atoms with Gasteiger partial charge in [-0.1, -0.05) is 31.0 Å². The minimum absolute atomic E-state index is 0.831. The third-order valence-electron chi connectivity index (χ3n) is 3.34. The number of hydrogen-bond acceptors (Lipinski definition) is 1. The number of unbranched alkanes of at least 4 members (excludes halogenated alkanes) is 1. The van der Waals surface area contributed by atoms with Gasteiger partial charge in [-0.2, -0.15) is 0 Å². The molecule has 0 saturated heterocycles. The Hall–Kier alpha value is -1.25. The summed E-state index contributed by atoms with van der Waals surface area (Å²) in [5.74, 6) is 0. The number of fused-ring (bicyclic) bond motifs is 1. The number of hydrogen-bond donors (Lipinski definition) is 1. The number of aromatic amines is 1. The highest BCUT2D eigenvalue weighted by atomic mass is 35.5. The molecule has 0 saturated carbocycles. The molecule has 0 amide bonds. The second-order valence-corrected chi connectivity index (χ2v) is 6.53. The van der Waals surface area contributed by atoms with E-state index in [1.807, 2.05) is 6.07 Å². The Bertz CT molecular complexity index is 696. The first-order valence-electron chi connectivity index (χ1n) is 6.63. The Morgan fingerprint density at radius 2 is 2.05 bits per heavy atom. The molecule has 98 valence electrons. The lowest BCUT2D eigenvalue weighted by Crippen LogP contribution is -1.83. The lowest BCUT2D eigenvalue weighted by molar-refractivity contribution is 0.796. The second-order valence-electron chi connectivity index (χ2n) is 4.81. The maximum absolute atomic E-state index is 6.00. The molecule has 19 heavy (non-hydrogen) atoms. The van der Waals surface area contributed by atoms with Crippen LogP contribution in [0.1, 0.15) is 25.3 Å². The van der Waals surface area contributed by atoms with E-state index < -0.39 is 0 Å². The minimum atomic E-state index is 0.831. The monoisotopic (exact) mass is 289 g/mol. The Labute approximate surface area is 122 Å². The van der Waals surface area contributed by atoms with Crippen LogP contribution in [-0.4, -0.2) is 4.98 Å². The predicted molar refractivity (Wildman–Crippen MR) is 85.2 cm³/mol. The molecule has 3 aromatic rings. The molecule has 2 heterocycles. The van der Waals surface area contributed by atoms with Crippen LogP contribution in [0.3, 0.4) is 0 Å². The van der Waals surface area contributed by atoms with E-state index in [1.165, 1.54) is 34.2 Å². The number of H-pyrrole nitrogens is 1. The number of halogens is 1. The Morgan fingerprint density at radius 3 is 2.79 bits per heavy atom. The van der Waals surface area contributed by atoms with E-state index in [4.69, 9.17) is 11.6 Å². The van der Waals surface area contributed by atoms with Crippen LogP contribution in [0.2, 0.25) is 4.34 Å². The first-order valence-corrected chi connectivity index (χ1v) is 7.83. The quantitative estimate of drug-likeness (QED) is 0.616. The molecule has 0 unspecified atom stereocenters. The van der Waals surface area contributed by atoms with Gasteiger partial charge < -0.3 is 4.98 Å². The van der Waals surface area contributed by atoms with Gasteiger partial charge in [0.15, 0.2) is 0 Å². The highest BCUT2D eigenvalue weighted by Crippen LogP contribution is 2.32. The number of nitrogens with one attached hydrogen (secondary N) is 1. The van der Waals surface area contributed by atoms with Crippen LogP contribution >= 0.6 is 22.9 Å². The highest BCUT2D eigenvalue weighted by Gasteiger charge is 2.06. The number of rotatable bonds is 4. The predicted octanol–water partition coefficient (Wildman–Crippen LogP) is 5.89. The highest BCUT2D eigenvalue weighted by molar-refractivity contribution is 7.19. The Morgan fingerprint density at radius 1 is 1.16 bits per heavy atom. The van der Waals surface area contributed by atoms with Gasteiger partial charge in [-0.15, -0.1) is 11.3 Å². The van der Waals surface area contributed by atoms with Gasteiger partial charge in [-0.05, 0) is 48.7 Å². The average molecular weight is 290 g/mol. The van der Waals surface area contributed by atoms with E-state index in [1.54, 1.807) is 11.3 Å². The minimum Gasteiger partial charge on any atom is -0.354 e. The van der Waals surface area contributed by atoms with Crippen molar-refractivity contribution in [2.75, 3.05) is 0 Å². The molecule has 0 bridgehead atoms. The zero-order chi connectivity index (χ0) is 13.2.